The molecule has 0 aromatic heterocycles. The van der Waals surface area contributed by atoms with E-state index in [0.717, 1.165) is 13.0 Å². The summed E-state index contributed by atoms with van der Waals surface area (Å²) in [7, 11) is 0.727. The van der Waals surface area contributed by atoms with Crippen molar-refractivity contribution in [1.29, 1.82) is 0 Å². The lowest BCUT2D eigenvalue weighted by atomic mass is 10.1. The zero-order chi connectivity index (χ0) is 11.1. The Balaban J connectivity index is 3.74. The fourth-order valence-electron chi connectivity index (χ4n) is 1.10. The molecule has 0 saturated heterocycles. The molecule has 0 heterocycles. The Morgan fingerprint density at radius 1 is 1.29 bits per heavy atom. The van der Waals surface area contributed by atoms with Crippen LogP contribution in [0.25, 0.3) is 0 Å². The number of aryl methyl sites for hydroxylation is 1. The summed E-state index contributed by atoms with van der Waals surface area (Å²) in [5.74, 6) is -1.79. The summed E-state index contributed by atoms with van der Waals surface area (Å²) in [6, 6.07) is 0.927. The van der Waals surface area contributed by atoms with E-state index in [1.165, 1.54) is 6.92 Å². The highest BCUT2D eigenvalue weighted by molar-refractivity contribution is 8.13. The SMILES string of the molecule is Cc1cc(F)c(C)c(S(=O)(=O)Cl)c1F. The third-order valence-electron chi connectivity index (χ3n) is 1.83. The molecule has 0 radical (unpaired) electrons. The monoisotopic (exact) mass is 240 g/mol. The molecule has 0 saturated carbocycles. The molecule has 0 N–H and O–H groups in total. The maximum absolute atomic E-state index is 13.3. The summed E-state index contributed by atoms with van der Waals surface area (Å²) in [4.78, 5) is -0.781. The van der Waals surface area contributed by atoms with E-state index in [0.29, 0.717) is 0 Å². The second kappa shape index (κ2) is 3.47. The van der Waals surface area contributed by atoms with Crippen LogP contribution in [0.2, 0.25) is 0 Å². The van der Waals surface area contributed by atoms with Crippen LogP contribution < -0.4 is 0 Å². The minimum Gasteiger partial charge on any atom is -0.207 e. The molecular formula is C8H7ClF2O2S. The van der Waals surface area contributed by atoms with E-state index in [1.807, 2.05) is 0 Å². The van der Waals surface area contributed by atoms with Crippen LogP contribution in [0.5, 0.6) is 0 Å². The minimum atomic E-state index is -4.25. The Labute approximate surface area is 84.9 Å². The van der Waals surface area contributed by atoms with Crippen LogP contribution in [0.15, 0.2) is 11.0 Å². The van der Waals surface area contributed by atoms with E-state index in [4.69, 9.17) is 10.7 Å². The van der Waals surface area contributed by atoms with E-state index in [1.54, 1.807) is 0 Å². The fourth-order valence-corrected chi connectivity index (χ4v) is 2.49. The molecule has 0 bridgehead atoms. The van der Waals surface area contributed by atoms with Gasteiger partial charge in [0.1, 0.15) is 16.5 Å². The van der Waals surface area contributed by atoms with Gasteiger partial charge in [0.15, 0.2) is 0 Å². The van der Waals surface area contributed by atoms with E-state index in [-0.39, 0.29) is 11.1 Å². The average molecular weight is 241 g/mol. The van der Waals surface area contributed by atoms with E-state index in [9.17, 15) is 17.2 Å². The van der Waals surface area contributed by atoms with Crippen molar-refractivity contribution in [3.05, 3.63) is 28.8 Å². The van der Waals surface area contributed by atoms with Gasteiger partial charge in [0.2, 0.25) is 0 Å². The van der Waals surface area contributed by atoms with Gasteiger partial charge in [-0.15, -0.1) is 0 Å². The zero-order valence-electron chi connectivity index (χ0n) is 7.44. The molecule has 1 aromatic carbocycles. The van der Waals surface area contributed by atoms with Gasteiger partial charge in [-0.05, 0) is 25.5 Å². The van der Waals surface area contributed by atoms with Gasteiger partial charge in [0, 0.05) is 16.2 Å². The number of hydrogen-bond donors (Lipinski definition) is 0. The van der Waals surface area contributed by atoms with Gasteiger partial charge in [0.05, 0.1) is 0 Å². The van der Waals surface area contributed by atoms with E-state index >= 15 is 0 Å². The summed E-state index contributed by atoms with van der Waals surface area (Å²) < 4.78 is 48.2. The molecule has 0 atom stereocenters. The second-order valence-corrected chi connectivity index (χ2v) is 5.38. The highest BCUT2D eigenvalue weighted by Crippen LogP contribution is 2.27. The lowest BCUT2D eigenvalue weighted by Crippen LogP contribution is -2.03. The summed E-state index contributed by atoms with van der Waals surface area (Å²) in [5.41, 5.74) is -0.393. The predicted octanol–water partition coefficient (Wildman–Crippen LogP) is 2.51. The van der Waals surface area contributed by atoms with Crippen molar-refractivity contribution in [3.63, 3.8) is 0 Å². The molecule has 2 nitrogen and oxygen atoms in total. The molecule has 0 aliphatic rings. The van der Waals surface area contributed by atoms with Crippen molar-refractivity contribution in [3.8, 4) is 0 Å². The first-order valence-electron chi connectivity index (χ1n) is 3.65. The molecule has 0 amide bonds. The topological polar surface area (TPSA) is 34.1 Å². The maximum Gasteiger partial charge on any atom is 0.264 e. The molecule has 6 heteroatoms. The largest absolute Gasteiger partial charge is 0.264 e. The Kier molecular flexibility index (Phi) is 2.83. The maximum atomic E-state index is 13.3. The van der Waals surface area contributed by atoms with Crippen molar-refractivity contribution in [2.75, 3.05) is 0 Å². The minimum absolute atomic E-state index is 0.0904. The van der Waals surface area contributed by atoms with Crippen molar-refractivity contribution in [2.24, 2.45) is 0 Å². The second-order valence-electron chi connectivity index (χ2n) is 2.88. The van der Waals surface area contributed by atoms with Crippen molar-refractivity contribution in [2.45, 2.75) is 18.7 Å². The summed E-state index contributed by atoms with van der Waals surface area (Å²) in [5, 5.41) is 0. The van der Waals surface area contributed by atoms with Gasteiger partial charge in [0.25, 0.3) is 9.05 Å². The first-order valence-corrected chi connectivity index (χ1v) is 5.96. The Morgan fingerprint density at radius 2 is 1.79 bits per heavy atom. The van der Waals surface area contributed by atoms with Crippen LogP contribution in [0.3, 0.4) is 0 Å². The Hall–Kier alpha value is -0.680. The van der Waals surface area contributed by atoms with Crippen molar-refractivity contribution in [1.82, 2.24) is 0 Å². The Bertz CT molecular complexity index is 456. The summed E-state index contributed by atoms with van der Waals surface area (Å²) in [6.45, 7) is 2.43. The number of benzene rings is 1. The van der Waals surface area contributed by atoms with Crippen LogP contribution >= 0.6 is 10.7 Å². The molecule has 0 aliphatic heterocycles. The normalized spacial score (nSPS) is 11.8. The van der Waals surface area contributed by atoms with E-state index in [2.05, 4.69) is 0 Å². The van der Waals surface area contributed by atoms with Gasteiger partial charge in [-0.25, -0.2) is 17.2 Å². The summed E-state index contributed by atoms with van der Waals surface area (Å²) in [6.07, 6.45) is 0. The van der Waals surface area contributed by atoms with Crippen molar-refractivity contribution >= 4 is 19.7 Å². The first kappa shape index (κ1) is 11.4. The van der Waals surface area contributed by atoms with Crippen LogP contribution in [0.1, 0.15) is 11.1 Å². The van der Waals surface area contributed by atoms with Crippen LogP contribution in [0, 0.1) is 25.5 Å². The first-order chi connectivity index (χ1) is 6.25. The molecule has 78 valence electrons. The third kappa shape index (κ3) is 1.88. The lowest BCUT2D eigenvalue weighted by Gasteiger charge is -2.07. The van der Waals surface area contributed by atoms with Gasteiger partial charge in [-0.1, -0.05) is 0 Å². The fraction of sp³-hybridized carbons (Fsp3) is 0.250. The lowest BCUT2D eigenvalue weighted by molar-refractivity contribution is 0.545. The van der Waals surface area contributed by atoms with Crippen LogP contribution in [-0.4, -0.2) is 8.42 Å². The van der Waals surface area contributed by atoms with Gasteiger partial charge >= 0.3 is 0 Å². The highest BCUT2D eigenvalue weighted by Gasteiger charge is 2.23. The molecule has 0 unspecified atom stereocenters. The smallest absolute Gasteiger partial charge is 0.207 e. The van der Waals surface area contributed by atoms with Gasteiger partial charge in [-0.2, -0.15) is 0 Å². The zero-order valence-corrected chi connectivity index (χ0v) is 9.01. The third-order valence-corrected chi connectivity index (χ3v) is 3.27. The standard InChI is InChI=1S/C8H7ClF2O2S/c1-4-3-6(10)5(2)8(7(4)11)14(9,12)13/h3H,1-2H3. The van der Waals surface area contributed by atoms with Crippen molar-refractivity contribution < 1.29 is 17.2 Å². The predicted molar refractivity (Wildman–Crippen MR) is 48.9 cm³/mol. The molecule has 0 fully saturated rings. The van der Waals surface area contributed by atoms with Gasteiger partial charge < -0.3 is 0 Å². The average Bonchev–Trinajstić information content (AvgIpc) is 1.98. The number of hydrogen-bond acceptors (Lipinski definition) is 2. The number of halogens is 3. The van der Waals surface area contributed by atoms with Gasteiger partial charge in [-0.3, -0.25) is 0 Å². The molecule has 1 rings (SSSR count). The molecular weight excluding hydrogens is 234 g/mol. The quantitative estimate of drug-likeness (QED) is 0.707. The molecule has 14 heavy (non-hydrogen) atoms. The summed E-state index contributed by atoms with van der Waals surface area (Å²) >= 11 is 0. The molecule has 0 spiro atoms. The Morgan fingerprint density at radius 3 is 2.21 bits per heavy atom. The highest BCUT2D eigenvalue weighted by atomic mass is 35.7. The molecule has 0 aliphatic carbocycles. The van der Waals surface area contributed by atoms with Crippen LogP contribution in [0.4, 0.5) is 8.78 Å². The van der Waals surface area contributed by atoms with Crippen LogP contribution in [-0.2, 0) is 9.05 Å². The molecule has 1 aromatic rings. The number of rotatable bonds is 1. The van der Waals surface area contributed by atoms with E-state index < -0.39 is 25.6 Å².